The summed E-state index contributed by atoms with van der Waals surface area (Å²) in [4.78, 5) is 19.6. The Morgan fingerprint density at radius 1 is 1.41 bits per heavy atom. The number of aliphatic carboxylic acids is 2. The van der Waals surface area contributed by atoms with Crippen LogP contribution >= 0.6 is 0 Å². The van der Waals surface area contributed by atoms with Gasteiger partial charge in [0.1, 0.15) is 6.04 Å². The number of carbonyl (C=O) groups is 2. The highest BCUT2D eigenvalue weighted by Crippen LogP contribution is 2.30. The van der Waals surface area contributed by atoms with Crippen molar-refractivity contribution >= 4 is 11.9 Å². The zero-order valence-electron chi connectivity index (χ0n) is 12.2. The van der Waals surface area contributed by atoms with Crippen molar-refractivity contribution in [3.63, 3.8) is 0 Å². The van der Waals surface area contributed by atoms with Gasteiger partial charge in [-0.2, -0.15) is 0 Å². The predicted molar refractivity (Wildman–Crippen MR) is 82.2 cm³/mol. The topological polar surface area (TPSA) is 113 Å². The van der Waals surface area contributed by atoms with Crippen molar-refractivity contribution in [1.29, 1.82) is 0 Å². The van der Waals surface area contributed by atoms with Gasteiger partial charge in [-0.1, -0.05) is 30.2 Å². The lowest BCUT2D eigenvalue weighted by atomic mass is 10.1. The van der Waals surface area contributed by atoms with E-state index in [0.29, 0.717) is 12.6 Å². The lowest BCUT2D eigenvalue weighted by Gasteiger charge is -2.10. The van der Waals surface area contributed by atoms with Crippen molar-refractivity contribution in [3.05, 3.63) is 35.4 Å². The number of nitrogens with one attached hydrogen (secondary N) is 1. The lowest BCUT2D eigenvalue weighted by molar-refractivity contribution is -0.144. The fourth-order valence-electron chi connectivity index (χ4n) is 2.23. The molecule has 1 aromatic rings. The minimum atomic E-state index is -1.29. The van der Waals surface area contributed by atoms with E-state index in [0.717, 1.165) is 0 Å². The van der Waals surface area contributed by atoms with Crippen LogP contribution in [0.25, 0.3) is 0 Å². The fraction of sp³-hybridized carbons (Fsp3) is 0.375. The molecule has 0 amide bonds. The van der Waals surface area contributed by atoms with Crippen LogP contribution in [0.1, 0.15) is 30.0 Å². The van der Waals surface area contributed by atoms with Crippen LogP contribution in [-0.2, 0) is 16.0 Å². The summed E-state index contributed by atoms with van der Waals surface area (Å²) in [6, 6.07) is 7.77. The maximum atomic E-state index is 9.85. The average molecular weight is 304 g/mol. The van der Waals surface area contributed by atoms with Crippen molar-refractivity contribution in [1.82, 2.24) is 5.32 Å². The van der Waals surface area contributed by atoms with Crippen LogP contribution < -0.4 is 11.1 Å². The van der Waals surface area contributed by atoms with E-state index in [9.17, 15) is 9.59 Å². The molecule has 1 aliphatic rings. The molecular weight excluding hydrogens is 284 g/mol. The van der Waals surface area contributed by atoms with Crippen LogP contribution in [0.3, 0.4) is 0 Å². The molecule has 22 heavy (non-hydrogen) atoms. The van der Waals surface area contributed by atoms with Crippen LogP contribution in [0, 0.1) is 12.3 Å². The van der Waals surface area contributed by atoms with E-state index in [1.165, 1.54) is 24.0 Å². The van der Waals surface area contributed by atoms with Crippen molar-refractivity contribution in [3.8, 4) is 12.3 Å². The van der Waals surface area contributed by atoms with E-state index < -0.39 is 24.4 Å². The third kappa shape index (κ3) is 5.56. The van der Waals surface area contributed by atoms with Crippen LogP contribution in [-0.4, -0.2) is 34.7 Å². The molecule has 0 bridgehead atoms. The Morgan fingerprint density at radius 3 is 2.64 bits per heavy atom. The van der Waals surface area contributed by atoms with Gasteiger partial charge in [-0.15, -0.1) is 6.42 Å². The third-order valence-electron chi connectivity index (χ3n) is 3.30. The first-order valence-corrected chi connectivity index (χ1v) is 6.90. The minimum absolute atomic E-state index is 0.479. The number of fused-ring (bicyclic) bond motifs is 1. The molecule has 0 spiro atoms. The predicted octanol–water partition coefficient (Wildman–Crippen LogP) is 0.770. The number of terminal acetylenes is 1. The second-order valence-corrected chi connectivity index (χ2v) is 4.92. The van der Waals surface area contributed by atoms with E-state index in [2.05, 4.69) is 35.5 Å². The molecule has 1 aliphatic carbocycles. The van der Waals surface area contributed by atoms with Crippen LogP contribution in [0.15, 0.2) is 24.3 Å². The summed E-state index contributed by atoms with van der Waals surface area (Å²) in [6.45, 7) is 0.666. The van der Waals surface area contributed by atoms with Crippen LogP contribution in [0.5, 0.6) is 0 Å². The summed E-state index contributed by atoms with van der Waals surface area (Å²) in [5.41, 5.74) is 7.73. The summed E-state index contributed by atoms with van der Waals surface area (Å²) in [5.74, 6) is 0.116. The molecule has 0 aromatic heterocycles. The molecule has 0 heterocycles. The highest BCUT2D eigenvalue weighted by Gasteiger charge is 2.20. The Bertz CT molecular complexity index is 566. The lowest BCUT2D eigenvalue weighted by Crippen LogP contribution is -2.32. The molecular formula is C16H20N2O4. The zero-order valence-corrected chi connectivity index (χ0v) is 12.2. The van der Waals surface area contributed by atoms with Crippen molar-refractivity contribution in [2.45, 2.75) is 31.3 Å². The monoisotopic (exact) mass is 304 g/mol. The van der Waals surface area contributed by atoms with Crippen molar-refractivity contribution < 1.29 is 19.8 Å². The van der Waals surface area contributed by atoms with Gasteiger partial charge in [-0.3, -0.25) is 14.9 Å². The molecule has 6 nitrogen and oxygen atoms in total. The number of nitrogens with two attached hydrogens (primary N) is 1. The fourth-order valence-corrected chi connectivity index (χ4v) is 2.23. The van der Waals surface area contributed by atoms with Gasteiger partial charge in [0, 0.05) is 6.04 Å². The summed E-state index contributed by atoms with van der Waals surface area (Å²) in [5, 5.41) is 19.4. The number of aryl methyl sites for hydroxylation is 1. The molecule has 0 aliphatic heterocycles. The maximum absolute atomic E-state index is 9.85. The second-order valence-electron chi connectivity index (χ2n) is 4.92. The second kappa shape index (κ2) is 8.82. The standard InChI is InChI=1S/C12H13N.C4H7NO4/c1-2-9-13-12-8-7-10-5-3-4-6-11(10)12;5-2(4(8)9)1-3(6)7/h1,3-6,12-13H,7-9H2;2H,1,5H2,(H,6,7)(H,8,9)/t12-;2-/m10/s1. The Hall–Kier alpha value is -2.36. The summed E-state index contributed by atoms with van der Waals surface area (Å²) in [6.07, 6.45) is 7.04. The third-order valence-corrected chi connectivity index (χ3v) is 3.30. The first-order chi connectivity index (χ1) is 10.5. The average Bonchev–Trinajstić information content (AvgIpc) is 2.88. The molecule has 5 N–H and O–H groups in total. The molecule has 0 saturated carbocycles. The number of carboxylic acids is 2. The van der Waals surface area contributed by atoms with Gasteiger partial charge in [0.25, 0.3) is 0 Å². The van der Waals surface area contributed by atoms with E-state index >= 15 is 0 Å². The summed E-state index contributed by atoms with van der Waals surface area (Å²) < 4.78 is 0. The smallest absolute Gasteiger partial charge is 0.321 e. The molecule has 118 valence electrons. The summed E-state index contributed by atoms with van der Waals surface area (Å²) >= 11 is 0. The molecule has 1 aromatic carbocycles. The molecule has 2 rings (SSSR count). The van der Waals surface area contributed by atoms with Gasteiger partial charge in [0.2, 0.25) is 0 Å². The Kier molecular flexibility index (Phi) is 7.09. The van der Waals surface area contributed by atoms with Gasteiger partial charge in [0.15, 0.2) is 0 Å². The molecule has 0 unspecified atom stereocenters. The maximum Gasteiger partial charge on any atom is 0.321 e. The Morgan fingerprint density at radius 2 is 2.09 bits per heavy atom. The number of hydrogen-bond acceptors (Lipinski definition) is 4. The van der Waals surface area contributed by atoms with Crippen LogP contribution in [0.2, 0.25) is 0 Å². The van der Waals surface area contributed by atoms with Crippen LogP contribution in [0.4, 0.5) is 0 Å². The normalized spacial score (nSPS) is 16.6. The highest BCUT2D eigenvalue weighted by atomic mass is 16.4. The zero-order chi connectivity index (χ0) is 16.5. The largest absolute Gasteiger partial charge is 0.481 e. The molecule has 2 atom stereocenters. The quantitative estimate of drug-likeness (QED) is 0.598. The summed E-state index contributed by atoms with van der Waals surface area (Å²) in [7, 11) is 0. The van der Waals surface area contributed by atoms with E-state index in [1.807, 2.05) is 0 Å². The minimum Gasteiger partial charge on any atom is -0.481 e. The number of carboxylic acid groups (broad SMARTS) is 2. The van der Waals surface area contributed by atoms with E-state index in [1.54, 1.807) is 0 Å². The number of benzene rings is 1. The van der Waals surface area contributed by atoms with Crippen molar-refractivity contribution in [2.24, 2.45) is 5.73 Å². The Labute approximate surface area is 129 Å². The molecule has 6 heteroatoms. The number of rotatable bonds is 5. The van der Waals surface area contributed by atoms with Gasteiger partial charge >= 0.3 is 11.9 Å². The van der Waals surface area contributed by atoms with Gasteiger partial charge in [-0.05, 0) is 24.0 Å². The first kappa shape index (κ1) is 17.7. The number of hydrogen-bond donors (Lipinski definition) is 4. The highest BCUT2D eigenvalue weighted by molar-refractivity contribution is 5.80. The Balaban J connectivity index is 0.000000239. The molecule has 0 fully saturated rings. The SMILES string of the molecule is C#CCN[C@@H]1CCc2ccccc21.N[C@@H](CC(=O)O)C(=O)O. The first-order valence-electron chi connectivity index (χ1n) is 6.90. The van der Waals surface area contributed by atoms with E-state index in [4.69, 9.17) is 22.4 Å². The van der Waals surface area contributed by atoms with Gasteiger partial charge < -0.3 is 15.9 Å². The van der Waals surface area contributed by atoms with Gasteiger partial charge in [0.05, 0.1) is 13.0 Å². The molecule has 0 radical (unpaired) electrons. The van der Waals surface area contributed by atoms with E-state index in [-0.39, 0.29) is 0 Å². The molecule has 0 saturated heterocycles. The van der Waals surface area contributed by atoms with Crippen molar-refractivity contribution in [2.75, 3.05) is 6.54 Å². The van der Waals surface area contributed by atoms with Gasteiger partial charge in [-0.25, -0.2) is 0 Å².